The van der Waals surface area contributed by atoms with Crippen LogP contribution in [0.25, 0.3) is 22.4 Å². The van der Waals surface area contributed by atoms with Gasteiger partial charge in [0.15, 0.2) is 0 Å². The molecule has 6 heteroatoms. The summed E-state index contributed by atoms with van der Waals surface area (Å²) >= 11 is 0. The first-order chi connectivity index (χ1) is 12.6. The smallest absolute Gasteiger partial charge is 0.247 e. The fourth-order valence-corrected chi connectivity index (χ4v) is 2.95. The lowest BCUT2D eigenvalue weighted by Gasteiger charge is -2.08. The highest BCUT2D eigenvalue weighted by Gasteiger charge is 2.11. The second-order valence-corrected chi connectivity index (χ2v) is 6.26. The Kier molecular flexibility index (Phi) is 4.01. The number of carbonyl (C=O) groups excluding carboxylic acids is 1. The third-order valence-corrected chi connectivity index (χ3v) is 4.16. The Balaban J connectivity index is 1.59. The van der Waals surface area contributed by atoms with Gasteiger partial charge in [-0.1, -0.05) is 18.2 Å². The zero-order valence-electron chi connectivity index (χ0n) is 14.6. The highest BCUT2D eigenvalue weighted by atomic mass is 16.4. The second kappa shape index (κ2) is 6.48. The number of carbonyl (C=O) groups is 1. The van der Waals surface area contributed by atoms with E-state index in [1.165, 1.54) is 0 Å². The summed E-state index contributed by atoms with van der Waals surface area (Å²) in [5, 5.41) is 11.9. The van der Waals surface area contributed by atoms with Crippen LogP contribution in [0.5, 0.6) is 0 Å². The summed E-state index contributed by atoms with van der Waals surface area (Å²) in [7, 11) is 0. The Morgan fingerprint density at radius 3 is 2.77 bits per heavy atom. The molecule has 6 nitrogen and oxygen atoms in total. The average molecular weight is 346 g/mol. The number of nitrogens with one attached hydrogen (secondary N) is 1. The summed E-state index contributed by atoms with van der Waals surface area (Å²) in [5.74, 6) is 0.918. The number of hydrogen-bond donors (Lipinski definition) is 1. The minimum Gasteiger partial charge on any atom is -0.421 e. The van der Waals surface area contributed by atoms with Gasteiger partial charge in [0.05, 0.1) is 0 Å². The van der Waals surface area contributed by atoms with Gasteiger partial charge in [-0.2, -0.15) is 0 Å². The van der Waals surface area contributed by atoms with Crippen molar-refractivity contribution >= 4 is 22.5 Å². The van der Waals surface area contributed by atoms with E-state index < -0.39 is 0 Å². The molecule has 1 amide bonds. The molecule has 0 saturated heterocycles. The van der Waals surface area contributed by atoms with Gasteiger partial charge in [-0.15, -0.1) is 10.2 Å². The monoisotopic (exact) mass is 346 g/mol. The number of aromatic nitrogens is 3. The topological polar surface area (TPSA) is 73.0 Å². The Morgan fingerprint density at radius 1 is 1.12 bits per heavy atom. The zero-order valence-corrected chi connectivity index (χ0v) is 14.6. The van der Waals surface area contributed by atoms with Crippen LogP contribution in [0.2, 0.25) is 0 Å². The second-order valence-electron chi connectivity index (χ2n) is 6.26. The van der Waals surface area contributed by atoms with Crippen LogP contribution in [0.15, 0.2) is 59.1 Å². The predicted molar refractivity (Wildman–Crippen MR) is 99.8 cm³/mol. The van der Waals surface area contributed by atoms with Gasteiger partial charge in [-0.3, -0.25) is 4.79 Å². The minimum absolute atomic E-state index is 0.0767. The van der Waals surface area contributed by atoms with E-state index in [9.17, 15) is 4.79 Å². The zero-order chi connectivity index (χ0) is 18.1. The number of fused-ring (bicyclic) bond motifs is 1. The van der Waals surface area contributed by atoms with Crippen LogP contribution in [0, 0.1) is 13.8 Å². The van der Waals surface area contributed by atoms with Gasteiger partial charge in [0.1, 0.15) is 6.54 Å². The minimum atomic E-state index is -0.0767. The van der Waals surface area contributed by atoms with E-state index in [0.29, 0.717) is 11.8 Å². The third-order valence-electron chi connectivity index (χ3n) is 4.16. The summed E-state index contributed by atoms with van der Waals surface area (Å²) in [6, 6.07) is 15.6. The molecule has 0 aliphatic rings. The van der Waals surface area contributed by atoms with Gasteiger partial charge in [0.25, 0.3) is 0 Å². The normalized spacial score (nSPS) is 11.0. The molecule has 0 radical (unpaired) electrons. The van der Waals surface area contributed by atoms with Crippen LogP contribution in [-0.2, 0) is 11.3 Å². The quantitative estimate of drug-likeness (QED) is 0.607. The first kappa shape index (κ1) is 16.1. The van der Waals surface area contributed by atoms with Gasteiger partial charge in [0.2, 0.25) is 17.7 Å². The molecule has 0 atom stereocenters. The molecule has 2 aromatic carbocycles. The number of anilines is 1. The van der Waals surface area contributed by atoms with Crippen molar-refractivity contribution < 1.29 is 9.21 Å². The number of rotatable bonds is 4. The van der Waals surface area contributed by atoms with Gasteiger partial charge in [0, 0.05) is 29.9 Å². The largest absolute Gasteiger partial charge is 0.421 e. The van der Waals surface area contributed by atoms with Crippen molar-refractivity contribution in [1.82, 2.24) is 14.8 Å². The molecule has 4 aromatic rings. The fraction of sp³-hybridized carbons (Fsp3) is 0.150. The summed E-state index contributed by atoms with van der Waals surface area (Å²) in [6.07, 6.45) is 1.91. The SMILES string of the molecule is Cc1cccc(NC(=O)Cn2ccc3ccc(-c4nnc(C)o4)cc32)c1. The molecule has 0 aliphatic carbocycles. The molecule has 0 unspecified atom stereocenters. The molecule has 0 fully saturated rings. The number of benzene rings is 2. The molecule has 130 valence electrons. The maximum Gasteiger partial charge on any atom is 0.247 e. The van der Waals surface area contributed by atoms with E-state index in [2.05, 4.69) is 15.5 Å². The van der Waals surface area contributed by atoms with Crippen molar-refractivity contribution in [2.45, 2.75) is 20.4 Å². The van der Waals surface area contributed by atoms with E-state index in [0.717, 1.165) is 27.7 Å². The summed E-state index contributed by atoms with van der Waals surface area (Å²) in [5.41, 5.74) is 3.68. The Bertz CT molecular complexity index is 1090. The van der Waals surface area contributed by atoms with Gasteiger partial charge < -0.3 is 14.3 Å². The van der Waals surface area contributed by atoms with E-state index in [1.54, 1.807) is 6.92 Å². The van der Waals surface area contributed by atoms with Crippen LogP contribution in [0.4, 0.5) is 5.69 Å². The lowest BCUT2D eigenvalue weighted by atomic mass is 10.1. The number of amides is 1. The van der Waals surface area contributed by atoms with Crippen LogP contribution in [0.3, 0.4) is 0 Å². The molecule has 4 rings (SSSR count). The number of nitrogens with zero attached hydrogens (tertiary/aromatic N) is 3. The molecular weight excluding hydrogens is 328 g/mol. The maximum atomic E-state index is 12.4. The Hall–Kier alpha value is -3.41. The van der Waals surface area contributed by atoms with Crippen LogP contribution in [-0.4, -0.2) is 20.7 Å². The van der Waals surface area contributed by atoms with Crippen LogP contribution in [0.1, 0.15) is 11.5 Å². The average Bonchev–Trinajstić information content (AvgIpc) is 3.21. The Morgan fingerprint density at radius 2 is 2.00 bits per heavy atom. The van der Waals surface area contributed by atoms with Crippen LogP contribution >= 0.6 is 0 Å². The first-order valence-corrected chi connectivity index (χ1v) is 8.34. The highest BCUT2D eigenvalue weighted by Crippen LogP contribution is 2.24. The summed E-state index contributed by atoms with van der Waals surface area (Å²) < 4.78 is 7.41. The van der Waals surface area contributed by atoms with Crippen molar-refractivity contribution in [2.75, 3.05) is 5.32 Å². The van der Waals surface area contributed by atoms with Crippen molar-refractivity contribution in [3.63, 3.8) is 0 Å². The van der Waals surface area contributed by atoms with Crippen LogP contribution < -0.4 is 5.32 Å². The van der Waals surface area contributed by atoms with Crippen molar-refractivity contribution in [2.24, 2.45) is 0 Å². The predicted octanol–water partition coefficient (Wildman–Crippen LogP) is 3.95. The Labute approximate surface area is 150 Å². The van der Waals surface area contributed by atoms with Crippen molar-refractivity contribution in [3.05, 3.63) is 66.2 Å². The highest BCUT2D eigenvalue weighted by molar-refractivity contribution is 5.92. The molecule has 0 bridgehead atoms. The van der Waals surface area contributed by atoms with Gasteiger partial charge in [-0.05, 0) is 48.2 Å². The lowest BCUT2D eigenvalue weighted by molar-refractivity contribution is -0.116. The van der Waals surface area contributed by atoms with Crippen molar-refractivity contribution in [3.8, 4) is 11.5 Å². The summed E-state index contributed by atoms with van der Waals surface area (Å²) in [6.45, 7) is 3.98. The molecule has 2 heterocycles. The lowest BCUT2D eigenvalue weighted by Crippen LogP contribution is -2.18. The summed E-state index contributed by atoms with van der Waals surface area (Å²) in [4.78, 5) is 12.4. The van der Waals surface area contributed by atoms with Gasteiger partial charge >= 0.3 is 0 Å². The molecule has 26 heavy (non-hydrogen) atoms. The van der Waals surface area contributed by atoms with E-state index in [-0.39, 0.29) is 12.5 Å². The first-order valence-electron chi connectivity index (χ1n) is 8.34. The fourth-order valence-electron chi connectivity index (χ4n) is 2.95. The van der Waals surface area contributed by atoms with E-state index in [4.69, 9.17) is 4.42 Å². The van der Waals surface area contributed by atoms with Gasteiger partial charge in [-0.25, -0.2) is 0 Å². The van der Waals surface area contributed by atoms with E-state index >= 15 is 0 Å². The van der Waals surface area contributed by atoms with Crippen molar-refractivity contribution in [1.29, 1.82) is 0 Å². The van der Waals surface area contributed by atoms with E-state index in [1.807, 2.05) is 66.2 Å². The number of hydrogen-bond acceptors (Lipinski definition) is 4. The third kappa shape index (κ3) is 3.21. The number of aryl methyl sites for hydroxylation is 2. The molecule has 2 aromatic heterocycles. The molecule has 0 saturated carbocycles. The molecule has 1 N–H and O–H groups in total. The maximum absolute atomic E-state index is 12.4. The molecular formula is C20H18N4O2. The molecule has 0 aliphatic heterocycles. The molecule has 0 spiro atoms. The standard InChI is InChI=1S/C20H18N4O2/c1-13-4-3-5-17(10-13)21-19(25)12-24-9-8-15-6-7-16(11-18(15)24)20-23-22-14(2)26-20/h3-11H,12H2,1-2H3,(H,21,25).